The molecule has 94 valence electrons. The summed E-state index contributed by atoms with van der Waals surface area (Å²) in [5.41, 5.74) is 2.49. The van der Waals surface area contributed by atoms with E-state index in [1.54, 1.807) is 0 Å². The Bertz CT molecular complexity index is 635. The molecular weight excluding hydrogens is 235 g/mol. The molecular formula is C15H15BN2O. The standard InChI is InChI=1S/C15H15BN2O/c16-14-9-18(8-12-2-1-5-19-10-12)15-4-3-11(7-17)6-13(14)15/h3-4,6,9,12H,1-2,5,8,10H2. The molecule has 0 amide bonds. The molecule has 19 heavy (non-hydrogen) atoms. The zero-order chi connectivity index (χ0) is 13.2. The predicted molar refractivity (Wildman–Crippen MR) is 75.6 cm³/mol. The lowest BCUT2D eigenvalue weighted by molar-refractivity contribution is 0.0488. The van der Waals surface area contributed by atoms with Gasteiger partial charge in [0, 0.05) is 24.6 Å². The van der Waals surface area contributed by atoms with Crippen molar-refractivity contribution < 1.29 is 4.74 Å². The zero-order valence-corrected chi connectivity index (χ0v) is 10.8. The predicted octanol–water partition coefficient (Wildman–Crippen LogP) is 1.73. The number of benzene rings is 1. The maximum absolute atomic E-state index is 8.94. The monoisotopic (exact) mass is 250 g/mol. The third-order valence-electron chi connectivity index (χ3n) is 3.75. The van der Waals surface area contributed by atoms with E-state index >= 15 is 0 Å². The van der Waals surface area contributed by atoms with Crippen LogP contribution in [0.3, 0.4) is 0 Å². The highest BCUT2D eigenvalue weighted by atomic mass is 16.5. The van der Waals surface area contributed by atoms with E-state index in [4.69, 9.17) is 17.8 Å². The van der Waals surface area contributed by atoms with Crippen LogP contribution in [0.5, 0.6) is 0 Å². The summed E-state index contributed by atoms with van der Waals surface area (Å²) in [6, 6.07) is 7.83. The fourth-order valence-electron chi connectivity index (χ4n) is 2.77. The van der Waals surface area contributed by atoms with Crippen LogP contribution in [0.2, 0.25) is 0 Å². The van der Waals surface area contributed by atoms with Crippen LogP contribution >= 0.6 is 0 Å². The highest BCUT2D eigenvalue weighted by Crippen LogP contribution is 2.20. The van der Waals surface area contributed by atoms with Crippen LogP contribution in [0, 0.1) is 17.2 Å². The Morgan fingerprint density at radius 2 is 2.37 bits per heavy atom. The van der Waals surface area contributed by atoms with Crippen molar-refractivity contribution in [1.82, 2.24) is 4.57 Å². The molecule has 1 saturated heterocycles. The van der Waals surface area contributed by atoms with Gasteiger partial charge in [-0.3, -0.25) is 0 Å². The van der Waals surface area contributed by atoms with E-state index in [2.05, 4.69) is 10.6 Å². The molecule has 1 aliphatic heterocycles. The zero-order valence-electron chi connectivity index (χ0n) is 10.8. The first-order valence-electron chi connectivity index (χ1n) is 6.64. The third kappa shape index (κ3) is 2.39. The van der Waals surface area contributed by atoms with Gasteiger partial charge in [0.1, 0.15) is 7.85 Å². The van der Waals surface area contributed by atoms with E-state index in [0.717, 1.165) is 42.5 Å². The number of hydrogen-bond acceptors (Lipinski definition) is 2. The molecule has 0 bridgehead atoms. The molecule has 1 atom stereocenters. The Morgan fingerprint density at radius 3 is 3.11 bits per heavy atom. The lowest BCUT2D eigenvalue weighted by Gasteiger charge is -2.22. The molecule has 0 spiro atoms. The first-order chi connectivity index (χ1) is 9.28. The van der Waals surface area contributed by atoms with Crippen LogP contribution in [-0.4, -0.2) is 25.6 Å². The normalized spacial score (nSPS) is 19.4. The van der Waals surface area contributed by atoms with Crippen LogP contribution in [0.1, 0.15) is 18.4 Å². The van der Waals surface area contributed by atoms with E-state index in [0.29, 0.717) is 11.5 Å². The molecule has 0 saturated carbocycles. The third-order valence-corrected chi connectivity index (χ3v) is 3.75. The molecule has 1 aromatic heterocycles. The summed E-state index contributed by atoms with van der Waals surface area (Å²) in [5, 5.41) is 9.91. The topological polar surface area (TPSA) is 38.0 Å². The summed E-state index contributed by atoms with van der Waals surface area (Å²) in [6.07, 6.45) is 4.31. The molecule has 3 nitrogen and oxygen atoms in total. The second-order valence-electron chi connectivity index (χ2n) is 5.16. The maximum atomic E-state index is 8.94. The molecule has 1 unspecified atom stereocenters. The van der Waals surface area contributed by atoms with Crippen molar-refractivity contribution in [3.63, 3.8) is 0 Å². The fourth-order valence-corrected chi connectivity index (χ4v) is 2.77. The number of hydrogen-bond donors (Lipinski definition) is 0. The van der Waals surface area contributed by atoms with Gasteiger partial charge < -0.3 is 9.30 Å². The molecule has 4 heteroatoms. The maximum Gasteiger partial charge on any atom is 0.116 e. The minimum absolute atomic E-state index is 0.555. The van der Waals surface area contributed by atoms with Gasteiger partial charge in [-0.1, -0.05) is 5.46 Å². The SMILES string of the molecule is [B]c1cn(CC2CCCOC2)c2ccc(C#N)cc12. The van der Waals surface area contributed by atoms with Crippen molar-refractivity contribution in [1.29, 1.82) is 5.26 Å². The first-order valence-corrected chi connectivity index (χ1v) is 6.64. The molecule has 0 N–H and O–H groups in total. The van der Waals surface area contributed by atoms with E-state index in [1.807, 2.05) is 24.4 Å². The molecule has 3 rings (SSSR count). The number of rotatable bonds is 2. The van der Waals surface area contributed by atoms with Crippen molar-refractivity contribution in [2.24, 2.45) is 5.92 Å². The van der Waals surface area contributed by atoms with Crippen LogP contribution in [-0.2, 0) is 11.3 Å². The minimum atomic E-state index is 0.555. The van der Waals surface area contributed by atoms with Crippen molar-refractivity contribution in [3.05, 3.63) is 30.0 Å². The second-order valence-corrected chi connectivity index (χ2v) is 5.16. The summed E-state index contributed by atoms with van der Waals surface area (Å²) in [6.45, 7) is 2.64. The lowest BCUT2D eigenvalue weighted by atomic mass is 9.95. The van der Waals surface area contributed by atoms with E-state index in [9.17, 15) is 0 Å². The average molecular weight is 250 g/mol. The van der Waals surface area contributed by atoms with Crippen LogP contribution in [0.25, 0.3) is 10.9 Å². The summed E-state index contributed by atoms with van der Waals surface area (Å²) in [5.74, 6) is 0.555. The lowest BCUT2D eigenvalue weighted by Crippen LogP contribution is -2.21. The van der Waals surface area contributed by atoms with Crippen molar-refractivity contribution in [2.75, 3.05) is 13.2 Å². The molecule has 1 fully saturated rings. The van der Waals surface area contributed by atoms with Crippen molar-refractivity contribution in [2.45, 2.75) is 19.4 Å². The Hall–Kier alpha value is -1.73. The van der Waals surface area contributed by atoms with Crippen LogP contribution in [0.15, 0.2) is 24.4 Å². The highest BCUT2D eigenvalue weighted by molar-refractivity contribution is 6.38. The van der Waals surface area contributed by atoms with Gasteiger partial charge in [0.05, 0.1) is 18.2 Å². The summed E-state index contributed by atoms with van der Waals surface area (Å²) in [4.78, 5) is 0. The van der Waals surface area contributed by atoms with E-state index in [1.165, 1.54) is 6.42 Å². The smallest absolute Gasteiger partial charge is 0.116 e. The first kappa shape index (κ1) is 12.3. The largest absolute Gasteiger partial charge is 0.381 e. The fraction of sp³-hybridized carbons (Fsp3) is 0.400. The number of aromatic nitrogens is 1. The van der Waals surface area contributed by atoms with Gasteiger partial charge in [-0.05, 0) is 42.6 Å². The molecule has 2 heterocycles. The quantitative estimate of drug-likeness (QED) is 0.761. The second kappa shape index (κ2) is 5.10. The molecule has 1 aliphatic rings. The van der Waals surface area contributed by atoms with Crippen LogP contribution in [0.4, 0.5) is 0 Å². The number of fused-ring (bicyclic) bond motifs is 1. The van der Waals surface area contributed by atoms with Gasteiger partial charge >= 0.3 is 0 Å². The number of ether oxygens (including phenoxy) is 1. The Balaban J connectivity index is 1.93. The molecule has 2 aromatic rings. The van der Waals surface area contributed by atoms with Crippen molar-refractivity contribution in [3.8, 4) is 6.07 Å². The van der Waals surface area contributed by atoms with Crippen LogP contribution < -0.4 is 5.46 Å². The van der Waals surface area contributed by atoms with Crippen molar-refractivity contribution >= 4 is 24.2 Å². The average Bonchev–Trinajstić information content (AvgIpc) is 2.76. The van der Waals surface area contributed by atoms with Gasteiger partial charge in [0.2, 0.25) is 0 Å². The molecule has 0 aliphatic carbocycles. The molecule has 1 aromatic carbocycles. The summed E-state index contributed by atoms with van der Waals surface area (Å²) in [7, 11) is 6.04. The minimum Gasteiger partial charge on any atom is -0.381 e. The number of nitrogens with zero attached hydrogens (tertiary/aromatic N) is 2. The van der Waals surface area contributed by atoms with E-state index < -0.39 is 0 Å². The van der Waals surface area contributed by atoms with Gasteiger partial charge in [0.15, 0.2) is 0 Å². The molecule has 2 radical (unpaired) electrons. The Kier molecular flexibility index (Phi) is 3.31. The summed E-state index contributed by atoms with van der Waals surface area (Å²) < 4.78 is 7.71. The summed E-state index contributed by atoms with van der Waals surface area (Å²) >= 11 is 0. The van der Waals surface area contributed by atoms with Gasteiger partial charge in [0.25, 0.3) is 0 Å². The van der Waals surface area contributed by atoms with Gasteiger partial charge in [-0.15, -0.1) is 0 Å². The van der Waals surface area contributed by atoms with Gasteiger partial charge in [-0.2, -0.15) is 5.26 Å². The van der Waals surface area contributed by atoms with E-state index in [-0.39, 0.29) is 0 Å². The Morgan fingerprint density at radius 1 is 1.47 bits per heavy atom. The highest BCUT2D eigenvalue weighted by Gasteiger charge is 2.16. The Labute approximate surface area is 114 Å². The van der Waals surface area contributed by atoms with Gasteiger partial charge in [-0.25, -0.2) is 0 Å². The number of nitriles is 1.